The predicted octanol–water partition coefficient (Wildman–Crippen LogP) is 4.05. The smallest absolute Gasteiger partial charge is 0.196 e. The number of benzene rings is 1. The lowest BCUT2D eigenvalue weighted by atomic mass is 9.95. The van der Waals surface area contributed by atoms with Crippen LogP contribution in [0, 0.1) is 34.6 Å². The highest BCUT2D eigenvalue weighted by atomic mass is 16.3. The summed E-state index contributed by atoms with van der Waals surface area (Å²) in [5.74, 6) is 1.51. The number of furan rings is 1. The minimum atomic E-state index is 0.0463. The topological polar surface area (TPSA) is 30.2 Å². The fourth-order valence-corrected chi connectivity index (χ4v) is 2.21. The molecule has 0 bridgehead atoms. The van der Waals surface area contributed by atoms with Crippen molar-refractivity contribution in [3.8, 4) is 0 Å². The Morgan fingerprint density at radius 1 is 0.833 bits per heavy atom. The van der Waals surface area contributed by atoms with Crippen molar-refractivity contribution < 1.29 is 9.21 Å². The van der Waals surface area contributed by atoms with Gasteiger partial charge in [-0.25, -0.2) is 0 Å². The van der Waals surface area contributed by atoms with Crippen molar-refractivity contribution in [1.29, 1.82) is 0 Å². The minimum absolute atomic E-state index is 0.0463. The Hall–Kier alpha value is -1.83. The summed E-state index contributed by atoms with van der Waals surface area (Å²) in [6.07, 6.45) is 0. The molecule has 2 nitrogen and oxygen atoms in total. The van der Waals surface area contributed by atoms with E-state index in [4.69, 9.17) is 4.42 Å². The number of aryl methyl sites for hydroxylation is 5. The van der Waals surface area contributed by atoms with Crippen molar-refractivity contribution in [1.82, 2.24) is 0 Å². The zero-order valence-corrected chi connectivity index (χ0v) is 11.5. The normalized spacial score (nSPS) is 10.7. The third-order valence-corrected chi connectivity index (χ3v) is 3.37. The number of hydrogen-bond acceptors (Lipinski definition) is 2. The van der Waals surface area contributed by atoms with Gasteiger partial charge in [-0.1, -0.05) is 6.07 Å². The van der Waals surface area contributed by atoms with Crippen LogP contribution in [0.3, 0.4) is 0 Å². The van der Waals surface area contributed by atoms with Crippen molar-refractivity contribution in [3.05, 3.63) is 57.5 Å². The van der Waals surface area contributed by atoms with E-state index in [0.717, 1.165) is 22.5 Å². The van der Waals surface area contributed by atoms with E-state index >= 15 is 0 Å². The molecular formula is C16H18O2. The highest BCUT2D eigenvalue weighted by Crippen LogP contribution is 2.22. The molecule has 0 atom stereocenters. The SMILES string of the molecule is Cc1cc(C(=O)c2cc(C)c(C)cc2C)c(C)o1. The van der Waals surface area contributed by atoms with Crippen LogP contribution in [0.25, 0.3) is 0 Å². The van der Waals surface area contributed by atoms with E-state index in [1.54, 1.807) is 0 Å². The molecule has 1 aromatic heterocycles. The molecule has 0 saturated carbocycles. The average molecular weight is 242 g/mol. The molecule has 2 heteroatoms. The minimum Gasteiger partial charge on any atom is -0.466 e. The lowest BCUT2D eigenvalue weighted by Gasteiger charge is -2.08. The van der Waals surface area contributed by atoms with Crippen LogP contribution < -0.4 is 0 Å². The molecule has 0 aliphatic heterocycles. The largest absolute Gasteiger partial charge is 0.466 e. The lowest BCUT2D eigenvalue weighted by Crippen LogP contribution is -2.05. The Bertz CT molecular complexity index is 618. The number of rotatable bonds is 2. The summed E-state index contributed by atoms with van der Waals surface area (Å²) in [5, 5.41) is 0. The van der Waals surface area contributed by atoms with Gasteiger partial charge >= 0.3 is 0 Å². The van der Waals surface area contributed by atoms with Crippen molar-refractivity contribution in [3.63, 3.8) is 0 Å². The quantitative estimate of drug-likeness (QED) is 0.743. The fraction of sp³-hybridized carbons (Fsp3) is 0.312. The number of hydrogen-bond donors (Lipinski definition) is 0. The monoisotopic (exact) mass is 242 g/mol. The van der Waals surface area contributed by atoms with Crippen molar-refractivity contribution >= 4 is 5.78 Å². The standard InChI is InChI=1S/C16H18O2/c1-9-6-11(3)14(7-10(9)2)16(17)15-8-12(4)18-13(15)5/h6-8H,1-5H3. The van der Waals surface area contributed by atoms with E-state index in [-0.39, 0.29) is 5.78 Å². The van der Waals surface area contributed by atoms with Crippen LogP contribution in [0.4, 0.5) is 0 Å². The van der Waals surface area contributed by atoms with Crippen LogP contribution >= 0.6 is 0 Å². The van der Waals surface area contributed by atoms with E-state index < -0.39 is 0 Å². The van der Waals surface area contributed by atoms with Gasteiger partial charge in [0.25, 0.3) is 0 Å². The summed E-state index contributed by atoms with van der Waals surface area (Å²) < 4.78 is 5.43. The second kappa shape index (κ2) is 4.45. The van der Waals surface area contributed by atoms with Gasteiger partial charge < -0.3 is 4.42 Å². The molecule has 1 aromatic carbocycles. The molecule has 1 heterocycles. The van der Waals surface area contributed by atoms with E-state index in [1.165, 1.54) is 5.56 Å². The van der Waals surface area contributed by atoms with Crippen LogP contribution in [0.2, 0.25) is 0 Å². The summed E-state index contributed by atoms with van der Waals surface area (Å²) in [4.78, 5) is 12.5. The van der Waals surface area contributed by atoms with Gasteiger partial charge in [-0.15, -0.1) is 0 Å². The molecule has 2 rings (SSSR count). The maximum Gasteiger partial charge on any atom is 0.196 e. The van der Waals surface area contributed by atoms with Gasteiger partial charge in [-0.2, -0.15) is 0 Å². The van der Waals surface area contributed by atoms with Crippen LogP contribution in [0.5, 0.6) is 0 Å². The Kier molecular flexibility index (Phi) is 3.12. The summed E-state index contributed by atoms with van der Waals surface area (Å²) in [5.41, 5.74) is 4.80. The second-order valence-corrected chi connectivity index (χ2v) is 4.91. The summed E-state index contributed by atoms with van der Waals surface area (Å²) >= 11 is 0. The lowest BCUT2D eigenvalue weighted by molar-refractivity contribution is 0.103. The third-order valence-electron chi connectivity index (χ3n) is 3.37. The fourth-order valence-electron chi connectivity index (χ4n) is 2.21. The highest BCUT2D eigenvalue weighted by Gasteiger charge is 2.17. The van der Waals surface area contributed by atoms with Crippen molar-refractivity contribution in [2.24, 2.45) is 0 Å². The Morgan fingerprint density at radius 3 is 2.00 bits per heavy atom. The summed E-state index contributed by atoms with van der Waals surface area (Å²) in [6, 6.07) is 5.84. The zero-order valence-electron chi connectivity index (χ0n) is 11.5. The molecule has 0 spiro atoms. The number of carbonyl (C=O) groups excluding carboxylic acids is 1. The first-order chi connectivity index (χ1) is 8.40. The number of ketones is 1. The van der Waals surface area contributed by atoms with Gasteiger partial charge in [0.1, 0.15) is 11.5 Å². The molecule has 0 aliphatic carbocycles. The summed E-state index contributed by atoms with van der Waals surface area (Å²) in [6.45, 7) is 9.75. The Morgan fingerprint density at radius 2 is 1.44 bits per heavy atom. The second-order valence-electron chi connectivity index (χ2n) is 4.91. The molecular weight excluding hydrogens is 224 g/mol. The average Bonchev–Trinajstić information content (AvgIpc) is 2.62. The molecule has 0 aliphatic rings. The van der Waals surface area contributed by atoms with Crippen LogP contribution in [0.1, 0.15) is 44.1 Å². The molecule has 0 amide bonds. The van der Waals surface area contributed by atoms with E-state index in [0.29, 0.717) is 11.3 Å². The number of carbonyl (C=O) groups is 1. The van der Waals surface area contributed by atoms with Crippen LogP contribution in [-0.2, 0) is 0 Å². The Labute approximate surface area is 108 Å². The molecule has 0 radical (unpaired) electrons. The molecule has 0 N–H and O–H groups in total. The molecule has 0 saturated heterocycles. The Balaban J connectivity index is 2.53. The molecule has 94 valence electrons. The van der Waals surface area contributed by atoms with Crippen molar-refractivity contribution in [2.45, 2.75) is 34.6 Å². The van der Waals surface area contributed by atoms with E-state index in [2.05, 4.69) is 13.0 Å². The van der Waals surface area contributed by atoms with E-state index in [1.807, 2.05) is 39.8 Å². The molecule has 18 heavy (non-hydrogen) atoms. The van der Waals surface area contributed by atoms with Gasteiger partial charge in [-0.05, 0) is 63.4 Å². The van der Waals surface area contributed by atoms with Crippen LogP contribution in [-0.4, -0.2) is 5.78 Å². The van der Waals surface area contributed by atoms with E-state index in [9.17, 15) is 4.79 Å². The van der Waals surface area contributed by atoms with Gasteiger partial charge in [-0.3, -0.25) is 4.79 Å². The van der Waals surface area contributed by atoms with Gasteiger partial charge in [0.05, 0.1) is 5.56 Å². The van der Waals surface area contributed by atoms with Crippen molar-refractivity contribution in [2.75, 3.05) is 0 Å². The molecule has 0 unspecified atom stereocenters. The van der Waals surface area contributed by atoms with Gasteiger partial charge in [0.2, 0.25) is 0 Å². The van der Waals surface area contributed by atoms with Gasteiger partial charge in [0, 0.05) is 5.56 Å². The molecule has 2 aromatic rings. The first-order valence-corrected chi connectivity index (χ1v) is 6.09. The maximum absolute atomic E-state index is 12.5. The first-order valence-electron chi connectivity index (χ1n) is 6.09. The maximum atomic E-state index is 12.5. The van der Waals surface area contributed by atoms with Gasteiger partial charge in [0.15, 0.2) is 5.78 Å². The third kappa shape index (κ3) is 2.10. The highest BCUT2D eigenvalue weighted by molar-refractivity contribution is 6.10. The first kappa shape index (κ1) is 12.6. The van der Waals surface area contributed by atoms with Crippen LogP contribution in [0.15, 0.2) is 22.6 Å². The molecule has 0 fully saturated rings. The summed E-state index contributed by atoms with van der Waals surface area (Å²) in [7, 11) is 0. The predicted molar refractivity (Wildman–Crippen MR) is 72.3 cm³/mol. The zero-order chi connectivity index (χ0) is 13.4.